The number of benzene rings is 3. The summed E-state index contributed by atoms with van der Waals surface area (Å²) in [5.41, 5.74) is 3.13. The fourth-order valence-electron chi connectivity index (χ4n) is 2.87. The van der Waals surface area contributed by atoms with Crippen molar-refractivity contribution in [2.24, 2.45) is 0 Å². The molecule has 0 bridgehead atoms. The van der Waals surface area contributed by atoms with Gasteiger partial charge in [-0.1, -0.05) is 56.3 Å². The molecule has 3 rings (SSSR count). The van der Waals surface area contributed by atoms with Gasteiger partial charge >= 0.3 is 0 Å². The third kappa shape index (κ3) is 5.10. The van der Waals surface area contributed by atoms with Crippen LogP contribution in [0.5, 0.6) is 5.75 Å². The number of ether oxygens (including phenoxy) is 1. The van der Waals surface area contributed by atoms with Crippen molar-refractivity contribution in [1.82, 2.24) is 0 Å². The van der Waals surface area contributed by atoms with Crippen LogP contribution in [0.3, 0.4) is 0 Å². The summed E-state index contributed by atoms with van der Waals surface area (Å²) in [4.78, 5) is 12.0. The van der Waals surface area contributed by atoms with E-state index >= 15 is 0 Å². The fraction of sp³-hybridized carbons (Fsp3) is 0.174. The molecule has 3 nitrogen and oxygen atoms in total. The Hall–Kier alpha value is -2.34. The standard InChI is InChI=1S/C23H22INO2/c1-23(2,17-6-4-3-5-7-17)18-8-14-21(15-9-18)27-16-22(26)25-20-12-10-19(24)11-13-20/h3-15H,16H2,1-2H3,(H,25,26). The Morgan fingerprint density at radius 2 is 1.48 bits per heavy atom. The minimum atomic E-state index is -0.176. The first-order chi connectivity index (χ1) is 12.9. The minimum absolute atomic E-state index is 0.0204. The Labute approximate surface area is 173 Å². The van der Waals surface area contributed by atoms with E-state index in [0.717, 1.165) is 9.26 Å². The maximum absolute atomic E-state index is 12.0. The maximum atomic E-state index is 12.0. The summed E-state index contributed by atoms with van der Waals surface area (Å²) in [6.07, 6.45) is 0. The third-order valence-corrected chi connectivity index (χ3v) is 5.29. The molecule has 1 amide bonds. The number of nitrogens with one attached hydrogen (secondary N) is 1. The lowest BCUT2D eigenvalue weighted by Gasteiger charge is -2.26. The zero-order valence-corrected chi connectivity index (χ0v) is 17.6. The molecule has 0 radical (unpaired) electrons. The van der Waals surface area contributed by atoms with Crippen LogP contribution in [0.1, 0.15) is 25.0 Å². The van der Waals surface area contributed by atoms with Gasteiger partial charge in [-0.15, -0.1) is 0 Å². The number of hydrogen-bond acceptors (Lipinski definition) is 2. The summed E-state index contributed by atoms with van der Waals surface area (Å²) in [6.45, 7) is 4.38. The molecular weight excluding hydrogens is 449 g/mol. The van der Waals surface area contributed by atoms with E-state index in [4.69, 9.17) is 4.74 Å². The highest BCUT2D eigenvalue weighted by Gasteiger charge is 2.22. The molecule has 0 atom stereocenters. The molecule has 0 saturated carbocycles. The highest BCUT2D eigenvalue weighted by atomic mass is 127. The molecule has 0 aliphatic carbocycles. The van der Waals surface area contributed by atoms with Crippen LogP contribution in [0.4, 0.5) is 5.69 Å². The number of rotatable bonds is 6. The molecule has 0 heterocycles. The summed E-state index contributed by atoms with van der Waals surface area (Å²) < 4.78 is 6.75. The Morgan fingerprint density at radius 3 is 2.11 bits per heavy atom. The molecule has 0 saturated heterocycles. The van der Waals surface area contributed by atoms with Gasteiger partial charge in [0.15, 0.2) is 6.61 Å². The van der Waals surface area contributed by atoms with Gasteiger partial charge in [-0.3, -0.25) is 4.79 Å². The third-order valence-electron chi connectivity index (χ3n) is 4.57. The molecule has 138 valence electrons. The van der Waals surface area contributed by atoms with Crippen LogP contribution in [0.2, 0.25) is 0 Å². The van der Waals surface area contributed by atoms with Crippen molar-refractivity contribution in [2.45, 2.75) is 19.3 Å². The molecule has 0 aliphatic heterocycles. The Morgan fingerprint density at radius 1 is 0.889 bits per heavy atom. The fourth-order valence-corrected chi connectivity index (χ4v) is 3.23. The molecule has 3 aromatic carbocycles. The van der Waals surface area contributed by atoms with E-state index in [0.29, 0.717) is 5.75 Å². The second-order valence-corrected chi connectivity index (χ2v) is 8.10. The van der Waals surface area contributed by atoms with Crippen molar-refractivity contribution in [1.29, 1.82) is 0 Å². The van der Waals surface area contributed by atoms with E-state index in [2.05, 4.69) is 78.2 Å². The normalized spacial score (nSPS) is 11.1. The van der Waals surface area contributed by atoms with Gasteiger partial charge in [0.2, 0.25) is 0 Å². The van der Waals surface area contributed by atoms with E-state index in [1.807, 2.05) is 42.5 Å². The van der Waals surface area contributed by atoms with E-state index in [-0.39, 0.29) is 17.9 Å². The monoisotopic (exact) mass is 471 g/mol. The van der Waals surface area contributed by atoms with Crippen LogP contribution in [0, 0.1) is 3.57 Å². The lowest BCUT2D eigenvalue weighted by Crippen LogP contribution is -2.20. The smallest absolute Gasteiger partial charge is 0.262 e. The van der Waals surface area contributed by atoms with Gasteiger partial charge in [-0.05, 0) is 70.1 Å². The van der Waals surface area contributed by atoms with Gasteiger partial charge < -0.3 is 10.1 Å². The molecular formula is C23H22INO2. The van der Waals surface area contributed by atoms with Crippen molar-refractivity contribution < 1.29 is 9.53 Å². The van der Waals surface area contributed by atoms with Gasteiger partial charge in [0.1, 0.15) is 5.75 Å². The number of halogens is 1. The number of carbonyl (C=O) groups is 1. The molecule has 0 fully saturated rings. The summed E-state index contributed by atoms with van der Waals surface area (Å²) in [7, 11) is 0. The highest BCUT2D eigenvalue weighted by molar-refractivity contribution is 14.1. The Balaban J connectivity index is 1.59. The zero-order valence-electron chi connectivity index (χ0n) is 15.4. The average Bonchev–Trinajstić information content (AvgIpc) is 2.69. The molecule has 3 aromatic rings. The first-order valence-corrected chi connectivity index (χ1v) is 9.87. The number of hydrogen-bond donors (Lipinski definition) is 1. The summed E-state index contributed by atoms with van der Waals surface area (Å²) in [6, 6.07) is 26.0. The van der Waals surface area contributed by atoms with Gasteiger partial charge in [0, 0.05) is 14.7 Å². The van der Waals surface area contributed by atoms with E-state index in [1.54, 1.807) is 0 Å². The summed E-state index contributed by atoms with van der Waals surface area (Å²) in [5.74, 6) is 0.505. The predicted molar refractivity (Wildman–Crippen MR) is 118 cm³/mol. The predicted octanol–water partition coefficient (Wildman–Crippen LogP) is 5.63. The van der Waals surface area contributed by atoms with Crippen LogP contribution in [0.25, 0.3) is 0 Å². The lowest BCUT2D eigenvalue weighted by atomic mass is 9.78. The first-order valence-electron chi connectivity index (χ1n) is 8.79. The number of anilines is 1. The van der Waals surface area contributed by atoms with E-state index in [9.17, 15) is 4.79 Å². The van der Waals surface area contributed by atoms with Crippen molar-refractivity contribution in [3.63, 3.8) is 0 Å². The SMILES string of the molecule is CC(C)(c1ccccc1)c1ccc(OCC(=O)Nc2ccc(I)cc2)cc1. The molecule has 1 N–H and O–H groups in total. The van der Waals surface area contributed by atoms with Crippen molar-refractivity contribution >= 4 is 34.2 Å². The first kappa shape index (κ1) is 19.4. The number of amides is 1. The van der Waals surface area contributed by atoms with Gasteiger partial charge in [-0.25, -0.2) is 0 Å². The maximum Gasteiger partial charge on any atom is 0.262 e. The van der Waals surface area contributed by atoms with E-state index in [1.165, 1.54) is 11.1 Å². The lowest BCUT2D eigenvalue weighted by molar-refractivity contribution is -0.118. The molecule has 0 spiro atoms. The number of carbonyl (C=O) groups excluding carboxylic acids is 1. The summed E-state index contributed by atoms with van der Waals surface area (Å²) >= 11 is 2.23. The van der Waals surface area contributed by atoms with Gasteiger partial charge in [0.25, 0.3) is 5.91 Å². The topological polar surface area (TPSA) is 38.3 Å². The Bertz CT molecular complexity index is 888. The summed E-state index contributed by atoms with van der Waals surface area (Å²) in [5, 5.41) is 2.83. The molecule has 0 aromatic heterocycles. The molecule has 4 heteroatoms. The largest absolute Gasteiger partial charge is 0.484 e. The molecule has 0 unspecified atom stereocenters. The average molecular weight is 471 g/mol. The quantitative estimate of drug-likeness (QED) is 0.473. The van der Waals surface area contributed by atoms with Crippen LogP contribution in [0.15, 0.2) is 78.9 Å². The minimum Gasteiger partial charge on any atom is -0.484 e. The van der Waals surface area contributed by atoms with Gasteiger partial charge in [0.05, 0.1) is 0 Å². The Kier molecular flexibility index (Phi) is 6.16. The molecule has 0 aliphatic rings. The van der Waals surface area contributed by atoms with Crippen LogP contribution in [-0.2, 0) is 10.2 Å². The van der Waals surface area contributed by atoms with Crippen molar-refractivity contribution in [3.8, 4) is 5.75 Å². The van der Waals surface area contributed by atoms with Crippen LogP contribution >= 0.6 is 22.6 Å². The van der Waals surface area contributed by atoms with E-state index < -0.39 is 0 Å². The van der Waals surface area contributed by atoms with Gasteiger partial charge in [-0.2, -0.15) is 0 Å². The second kappa shape index (κ2) is 8.57. The highest BCUT2D eigenvalue weighted by Crippen LogP contribution is 2.32. The zero-order chi connectivity index (χ0) is 19.3. The second-order valence-electron chi connectivity index (χ2n) is 6.86. The van der Waals surface area contributed by atoms with Crippen LogP contribution in [-0.4, -0.2) is 12.5 Å². The van der Waals surface area contributed by atoms with Crippen molar-refractivity contribution in [3.05, 3.63) is 93.6 Å². The van der Waals surface area contributed by atoms with Crippen molar-refractivity contribution in [2.75, 3.05) is 11.9 Å². The molecule has 27 heavy (non-hydrogen) atoms. The van der Waals surface area contributed by atoms with Crippen LogP contribution < -0.4 is 10.1 Å².